The van der Waals surface area contributed by atoms with E-state index in [0.29, 0.717) is 23.1 Å². The minimum Gasteiger partial charge on any atom is -0.490 e. The van der Waals surface area contributed by atoms with Gasteiger partial charge in [0.2, 0.25) is 0 Å². The highest BCUT2D eigenvalue weighted by molar-refractivity contribution is 6.31. The molecule has 6 nitrogen and oxygen atoms in total. The topological polar surface area (TPSA) is 99.4 Å². The van der Waals surface area contributed by atoms with Crippen molar-refractivity contribution in [2.24, 2.45) is 23.7 Å². The Balaban J connectivity index is 1.16. The molecule has 0 radical (unpaired) electrons. The van der Waals surface area contributed by atoms with Gasteiger partial charge < -0.3 is 29.9 Å². The zero-order chi connectivity index (χ0) is 22.1. The van der Waals surface area contributed by atoms with Crippen molar-refractivity contribution in [1.82, 2.24) is 0 Å². The molecule has 32 heavy (non-hydrogen) atoms. The third-order valence-corrected chi connectivity index (χ3v) is 8.24. The van der Waals surface area contributed by atoms with Crippen molar-refractivity contribution in [3.05, 3.63) is 64.2 Å². The van der Waals surface area contributed by atoms with Gasteiger partial charge in [0.25, 0.3) is 0 Å². The molecule has 4 N–H and O–H groups in total. The van der Waals surface area contributed by atoms with E-state index in [1.54, 1.807) is 12.1 Å². The maximum Gasteiger partial charge on any atom is 0.119 e. The summed E-state index contributed by atoms with van der Waals surface area (Å²) in [5, 5.41) is 40.6. The maximum atomic E-state index is 10.4. The lowest BCUT2D eigenvalue weighted by Crippen LogP contribution is -2.55. The van der Waals surface area contributed by atoms with Crippen molar-refractivity contribution < 1.29 is 29.9 Å². The average molecular weight is 459 g/mol. The Bertz CT molecular complexity index is 993. The first kappa shape index (κ1) is 20.9. The fourth-order valence-electron chi connectivity index (χ4n) is 5.97. The smallest absolute Gasteiger partial charge is 0.119 e. The molecule has 0 aromatic heterocycles. The number of benzene rings is 2. The van der Waals surface area contributed by atoms with Gasteiger partial charge in [-0.15, -0.1) is 0 Å². The van der Waals surface area contributed by atoms with E-state index in [-0.39, 0.29) is 0 Å². The Kier molecular flexibility index (Phi) is 5.02. The number of hydrogen-bond donors (Lipinski definition) is 4. The standard InChI is InChI=1S/C25H27ClO6/c26-16-6-3-12(25-24(30)23(29)22(28)18(10-27)32-25)8-13(16)7-11-1-4-14(5-2-11)31-17-9-15-19-20(15)21(17)19/h1-6,8,15,17-25,27-30H,7,9-10H2/t15-,17-,18+,19+,20?,21?,22+,23-,24+,25-/m0/s1. The summed E-state index contributed by atoms with van der Waals surface area (Å²) < 4.78 is 11.9. The molecule has 7 heteroatoms. The van der Waals surface area contributed by atoms with E-state index < -0.39 is 37.1 Å². The van der Waals surface area contributed by atoms with Crippen LogP contribution in [0.3, 0.4) is 0 Å². The summed E-state index contributed by atoms with van der Waals surface area (Å²) in [4.78, 5) is 0. The van der Waals surface area contributed by atoms with Crippen LogP contribution in [0, 0.1) is 23.7 Å². The fourth-order valence-corrected chi connectivity index (χ4v) is 6.15. The summed E-state index contributed by atoms with van der Waals surface area (Å²) in [6.45, 7) is -0.458. The molecular weight excluding hydrogens is 432 g/mol. The second-order valence-corrected chi connectivity index (χ2v) is 10.1. The predicted octanol–water partition coefficient (Wildman–Crippen LogP) is 2.09. The van der Waals surface area contributed by atoms with E-state index in [9.17, 15) is 20.4 Å². The van der Waals surface area contributed by atoms with Crippen molar-refractivity contribution in [3.63, 3.8) is 0 Å². The molecule has 2 aromatic carbocycles. The molecule has 10 atom stereocenters. The lowest BCUT2D eigenvalue weighted by Gasteiger charge is -2.40. The number of aliphatic hydroxyl groups excluding tert-OH is 4. The Morgan fingerprint density at radius 2 is 1.69 bits per heavy atom. The molecule has 2 bridgehead atoms. The second-order valence-electron chi connectivity index (χ2n) is 9.71. The Morgan fingerprint density at radius 3 is 2.34 bits per heavy atom. The predicted molar refractivity (Wildman–Crippen MR) is 116 cm³/mol. The van der Waals surface area contributed by atoms with E-state index in [1.165, 1.54) is 6.42 Å². The van der Waals surface area contributed by atoms with Gasteiger partial charge in [0, 0.05) is 10.9 Å². The van der Waals surface area contributed by atoms with Crippen LogP contribution in [0.1, 0.15) is 29.2 Å². The van der Waals surface area contributed by atoms with Crippen LogP contribution >= 0.6 is 11.6 Å². The monoisotopic (exact) mass is 458 g/mol. The molecule has 7 rings (SSSR count). The first-order chi connectivity index (χ1) is 15.5. The number of hydrogen-bond acceptors (Lipinski definition) is 6. The molecule has 2 unspecified atom stereocenters. The lowest BCUT2D eigenvalue weighted by atomic mass is 9.90. The minimum absolute atomic E-state index is 0.394. The van der Waals surface area contributed by atoms with Gasteiger partial charge in [0.05, 0.1) is 6.61 Å². The number of fused-ring (bicyclic) bond motifs is 1. The van der Waals surface area contributed by atoms with Gasteiger partial charge in [-0.3, -0.25) is 0 Å². The minimum atomic E-state index is -1.41. The van der Waals surface area contributed by atoms with Crippen molar-refractivity contribution in [2.75, 3.05) is 6.61 Å². The van der Waals surface area contributed by atoms with Gasteiger partial charge in [-0.25, -0.2) is 0 Å². The van der Waals surface area contributed by atoms with Gasteiger partial charge in [0.1, 0.15) is 42.4 Å². The van der Waals surface area contributed by atoms with E-state index in [4.69, 9.17) is 21.1 Å². The molecule has 4 aliphatic carbocycles. The van der Waals surface area contributed by atoms with Gasteiger partial charge in [-0.2, -0.15) is 0 Å². The van der Waals surface area contributed by atoms with Crippen molar-refractivity contribution in [3.8, 4) is 5.75 Å². The van der Waals surface area contributed by atoms with E-state index >= 15 is 0 Å². The lowest BCUT2D eigenvalue weighted by molar-refractivity contribution is -0.231. The van der Waals surface area contributed by atoms with Crippen LogP contribution in [0.25, 0.3) is 0 Å². The molecule has 1 aliphatic heterocycles. The molecule has 170 valence electrons. The highest BCUT2D eigenvalue weighted by atomic mass is 35.5. The number of halogens is 1. The van der Waals surface area contributed by atoms with Crippen LogP contribution in [0.5, 0.6) is 5.75 Å². The summed E-state index contributed by atoms with van der Waals surface area (Å²) in [5.41, 5.74) is 2.56. The Morgan fingerprint density at radius 1 is 0.938 bits per heavy atom. The summed E-state index contributed by atoms with van der Waals surface area (Å²) in [5.74, 6) is 4.60. The van der Waals surface area contributed by atoms with Crippen molar-refractivity contribution >= 4 is 11.6 Å². The second kappa shape index (κ2) is 7.69. The van der Waals surface area contributed by atoms with Crippen LogP contribution in [0.2, 0.25) is 5.02 Å². The average Bonchev–Trinajstić information content (AvgIpc) is 3.62. The Hall–Kier alpha value is -1.67. The summed E-state index contributed by atoms with van der Waals surface area (Å²) >= 11 is 6.44. The molecule has 5 aliphatic rings. The molecular formula is C25H27ClO6. The van der Waals surface area contributed by atoms with Crippen LogP contribution in [-0.4, -0.2) is 57.6 Å². The SMILES string of the molecule is OC[C@H]1O[C@@H](c2ccc(Cl)c(Cc3ccc(O[C@H]4C[C@@H]5C6C4[C@@H]65)cc3)c2)[C@H](O)[C@@H](O)[C@@H]1O. The van der Waals surface area contributed by atoms with Gasteiger partial charge in [0.15, 0.2) is 0 Å². The molecule has 0 amide bonds. The van der Waals surface area contributed by atoms with Crippen LogP contribution < -0.4 is 4.74 Å². The van der Waals surface area contributed by atoms with E-state index in [1.807, 2.05) is 30.3 Å². The highest BCUT2D eigenvalue weighted by Gasteiger charge is 2.81. The van der Waals surface area contributed by atoms with Gasteiger partial charge in [-0.05, 0) is 65.5 Å². The molecule has 4 saturated carbocycles. The van der Waals surface area contributed by atoms with Crippen LogP contribution in [0.15, 0.2) is 42.5 Å². The molecule has 1 heterocycles. The maximum absolute atomic E-state index is 10.4. The van der Waals surface area contributed by atoms with Gasteiger partial charge in [-0.1, -0.05) is 35.9 Å². The largest absolute Gasteiger partial charge is 0.490 e. The molecule has 5 fully saturated rings. The quantitative estimate of drug-likeness (QED) is 0.529. The Labute approximate surface area is 191 Å². The fraction of sp³-hybridized carbons (Fsp3) is 0.520. The first-order valence-electron chi connectivity index (χ1n) is 11.3. The van der Waals surface area contributed by atoms with Crippen molar-refractivity contribution in [1.29, 1.82) is 0 Å². The third-order valence-electron chi connectivity index (χ3n) is 7.87. The summed E-state index contributed by atoms with van der Waals surface area (Å²) in [7, 11) is 0. The first-order valence-corrected chi connectivity index (χ1v) is 11.7. The molecule has 0 spiro atoms. The number of rotatable bonds is 6. The summed E-state index contributed by atoms with van der Waals surface area (Å²) in [6.07, 6.45) is -3.74. The number of ether oxygens (including phenoxy) is 2. The third kappa shape index (κ3) is 3.36. The zero-order valence-electron chi connectivity index (χ0n) is 17.4. The van der Waals surface area contributed by atoms with E-state index in [2.05, 4.69) is 0 Å². The normalized spacial score (nSPS) is 41.3. The zero-order valence-corrected chi connectivity index (χ0v) is 18.2. The van der Waals surface area contributed by atoms with Crippen molar-refractivity contribution in [2.45, 2.75) is 49.5 Å². The highest BCUT2D eigenvalue weighted by Crippen LogP contribution is 2.82. The molecule has 1 saturated heterocycles. The van der Waals surface area contributed by atoms with E-state index in [0.717, 1.165) is 40.5 Å². The summed E-state index contributed by atoms with van der Waals surface area (Å²) in [6, 6.07) is 13.4. The van der Waals surface area contributed by atoms with Gasteiger partial charge >= 0.3 is 0 Å². The van der Waals surface area contributed by atoms with Crippen LogP contribution in [-0.2, 0) is 11.2 Å². The number of aliphatic hydroxyl groups is 4. The molecule has 2 aromatic rings. The van der Waals surface area contributed by atoms with Crippen LogP contribution in [0.4, 0.5) is 0 Å².